The molecule has 128 valence electrons. The summed E-state index contributed by atoms with van der Waals surface area (Å²) in [6.07, 6.45) is 0.939. The summed E-state index contributed by atoms with van der Waals surface area (Å²) in [5.41, 5.74) is 4.85. The lowest BCUT2D eigenvalue weighted by molar-refractivity contribution is 0.102. The number of anilines is 3. The maximum Gasteiger partial charge on any atom is 0.267 e. The van der Waals surface area contributed by atoms with Gasteiger partial charge in [-0.1, -0.05) is 54.7 Å². The molecule has 0 saturated carbocycles. The largest absolute Gasteiger partial charge is 0.331 e. The Morgan fingerprint density at radius 1 is 1.04 bits per heavy atom. The first-order valence-corrected chi connectivity index (χ1v) is 9.09. The summed E-state index contributed by atoms with van der Waals surface area (Å²) in [6.45, 7) is 5.96. The van der Waals surface area contributed by atoms with Crippen LogP contribution in [0.15, 0.2) is 48.5 Å². The highest BCUT2D eigenvalue weighted by molar-refractivity contribution is 7.17. The average Bonchev–Trinajstić information content (AvgIpc) is 2.98. The lowest BCUT2D eigenvalue weighted by Gasteiger charge is -2.08. The predicted molar refractivity (Wildman–Crippen MR) is 105 cm³/mol. The minimum atomic E-state index is -0.124. The number of rotatable bonds is 5. The van der Waals surface area contributed by atoms with E-state index >= 15 is 0 Å². The van der Waals surface area contributed by atoms with Crippen LogP contribution in [0.4, 0.5) is 16.5 Å². The number of aromatic nitrogens is 1. The lowest BCUT2D eigenvalue weighted by Crippen LogP contribution is -2.12. The number of nitrogens with one attached hydrogen (secondary N) is 2. The van der Waals surface area contributed by atoms with Crippen molar-refractivity contribution in [3.8, 4) is 0 Å². The molecule has 0 fully saturated rings. The first-order chi connectivity index (χ1) is 12.1. The van der Waals surface area contributed by atoms with Crippen molar-refractivity contribution in [3.63, 3.8) is 0 Å². The van der Waals surface area contributed by atoms with Crippen molar-refractivity contribution in [3.05, 3.63) is 70.2 Å². The van der Waals surface area contributed by atoms with Crippen molar-refractivity contribution in [2.75, 3.05) is 10.6 Å². The van der Waals surface area contributed by atoms with Crippen LogP contribution in [0.1, 0.15) is 33.4 Å². The van der Waals surface area contributed by atoms with Gasteiger partial charge in [0.25, 0.3) is 5.91 Å². The SMILES string of the molecule is CCc1ccccc1Nc1nc(C)c(C(=O)Nc2ccccc2C)s1. The Labute approximate surface area is 151 Å². The second-order valence-corrected chi connectivity index (χ2v) is 6.84. The zero-order valence-electron chi connectivity index (χ0n) is 14.6. The van der Waals surface area contributed by atoms with Crippen molar-refractivity contribution in [2.45, 2.75) is 27.2 Å². The number of thiazole rings is 1. The van der Waals surface area contributed by atoms with E-state index in [1.165, 1.54) is 16.9 Å². The molecule has 0 aliphatic heterocycles. The van der Waals surface area contributed by atoms with Gasteiger partial charge in [0.15, 0.2) is 5.13 Å². The summed E-state index contributed by atoms with van der Waals surface area (Å²) in [7, 11) is 0. The molecule has 0 bridgehead atoms. The minimum Gasteiger partial charge on any atom is -0.331 e. The highest BCUT2D eigenvalue weighted by Gasteiger charge is 2.16. The van der Waals surface area contributed by atoms with Crippen LogP contribution in [-0.2, 0) is 6.42 Å². The molecule has 4 nitrogen and oxygen atoms in total. The number of aryl methyl sites for hydroxylation is 3. The standard InChI is InChI=1S/C20H21N3OS/c1-4-15-10-6-8-12-17(15)23-20-21-14(3)18(25-20)19(24)22-16-11-7-5-9-13(16)2/h5-12H,4H2,1-3H3,(H,21,23)(H,22,24). The fourth-order valence-corrected chi connectivity index (χ4v) is 3.49. The second-order valence-electron chi connectivity index (χ2n) is 5.84. The van der Waals surface area contributed by atoms with E-state index in [9.17, 15) is 4.79 Å². The first-order valence-electron chi connectivity index (χ1n) is 8.27. The highest BCUT2D eigenvalue weighted by atomic mass is 32.1. The molecule has 5 heteroatoms. The zero-order valence-corrected chi connectivity index (χ0v) is 15.4. The van der Waals surface area contributed by atoms with Crippen LogP contribution in [0.5, 0.6) is 0 Å². The average molecular weight is 351 g/mol. The molecule has 1 heterocycles. The number of benzene rings is 2. The topological polar surface area (TPSA) is 54.0 Å². The highest BCUT2D eigenvalue weighted by Crippen LogP contribution is 2.28. The number of carbonyl (C=O) groups is 1. The van der Waals surface area contributed by atoms with Crippen LogP contribution in [0.3, 0.4) is 0 Å². The summed E-state index contributed by atoms with van der Waals surface area (Å²) in [5.74, 6) is -0.124. The third-order valence-corrected chi connectivity index (χ3v) is 5.11. The van der Waals surface area contributed by atoms with Gasteiger partial charge in [-0.2, -0.15) is 0 Å². The molecule has 3 rings (SSSR count). The van der Waals surface area contributed by atoms with Crippen LogP contribution in [0.2, 0.25) is 0 Å². The molecule has 25 heavy (non-hydrogen) atoms. The van der Waals surface area contributed by atoms with Gasteiger partial charge in [0.05, 0.1) is 5.69 Å². The van der Waals surface area contributed by atoms with Crippen LogP contribution in [-0.4, -0.2) is 10.9 Å². The summed E-state index contributed by atoms with van der Waals surface area (Å²) >= 11 is 1.37. The normalized spacial score (nSPS) is 10.5. The van der Waals surface area contributed by atoms with Crippen LogP contribution in [0.25, 0.3) is 0 Å². The maximum absolute atomic E-state index is 12.6. The third-order valence-electron chi connectivity index (χ3n) is 4.04. The van der Waals surface area contributed by atoms with E-state index < -0.39 is 0 Å². The summed E-state index contributed by atoms with van der Waals surface area (Å²) < 4.78 is 0. The molecule has 1 amide bonds. The molecule has 1 aromatic heterocycles. The number of para-hydroxylation sites is 2. The third kappa shape index (κ3) is 3.88. The molecule has 0 radical (unpaired) electrons. The van der Waals surface area contributed by atoms with Gasteiger partial charge < -0.3 is 10.6 Å². The molecule has 0 saturated heterocycles. The van der Waals surface area contributed by atoms with E-state index in [1.807, 2.05) is 56.3 Å². The fraction of sp³-hybridized carbons (Fsp3) is 0.200. The Balaban J connectivity index is 1.80. The smallest absolute Gasteiger partial charge is 0.267 e. The second kappa shape index (κ2) is 7.49. The summed E-state index contributed by atoms with van der Waals surface area (Å²) in [4.78, 5) is 17.7. The van der Waals surface area contributed by atoms with E-state index in [4.69, 9.17) is 0 Å². The number of amides is 1. The monoisotopic (exact) mass is 351 g/mol. The van der Waals surface area contributed by atoms with Gasteiger partial charge in [-0.05, 0) is 43.5 Å². The Hall–Kier alpha value is -2.66. The number of hydrogen-bond donors (Lipinski definition) is 2. The van der Waals surface area contributed by atoms with Gasteiger partial charge >= 0.3 is 0 Å². The quantitative estimate of drug-likeness (QED) is 0.654. The predicted octanol–water partition coefficient (Wildman–Crippen LogP) is 5.32. The van der Waals surface area contributed by atoms with Crippen LogP contribution in [0, 0.1) is 13.8 Å². The lowest BCUT2D eigenvalue weighted by atomic mass is 10.1. The summed E-state index contributed by atoms with van der Waals surface area (Å²) in [5, 5.41) is 7.04. The molecular formula is C20H21N3OS. The molecule has 0 aliphatic rings. The minimum absolute atomic E-state index is 0.124. The maximum atomic E-state index is 12.6. The van der Waals surface area contributed by atoms with Gasteiger partial charge in [0, 0.05) is 11.4 Å². The van der Waals surface area contributed by atoms with Gasteiger partial charge in [0.1, 0.15) is 4.88 Å². The molecule has 3 aromatic rings. The summed E-state index contributed by atoms with van der Waals surface area (Å²) in [6, 6.07) is 15.9. The molecule has 2 N–H and O–H groups in total. The van der Waals surface area contributed by atoms with Crippen molar-refractivity contribution in [1.82, 2.24) is 4.98 Å². The zero-order chi connectivity index (χ0) is 17.8. The van der Waals surface area contributed by atoms with E-state index in [-0.39, 0.29) is 5.91 Å². The van der Waals surface area contributed by atoms with E-state index in [2.05, 4.69) is 28.6 Å². The van der Waals surface area contributed by atoms with Gasteiger partial charge in [-0.15, -0.1) is 0 Å². The fourth-order valence-electron chi connectivity index (χ4n) is 2.62. The Morgan fingerprint density at radius 2 is 1.72 bits per heavy atom. The molecule has 0 atom stereocenters. The molecule has 2 aromatic carbocycles. The number of nitrogens with zero attached hydrogens (tertiary/aromatic N) is 1. The van der Waals surface area contributed by atoms with Gasteiger partial charge in [-0.3, -0.25) is 4.79 Å². The van der Waals surface area contributed by atoms with Crippen molar-refractivity contribution in [2.24, 2.45) is 0 Å². The van der Waals surface area contributed by atoms with E-state index in [0.29, 0.717) is 4.88 Å². The van der Waals surface area contributed by atoms with E-state index in [0.717, 1.165) is 34.2 Å². The first kappa shape index (κ1) is 17.2. The molecule has 0 aliphatic carbocycles. The Kier molecular flexibility index (Phi) is 5.14. The van der Waals surface area contributed by atoms with E-state index in [1.54, 1.807) is 0 Å². The van der Waals surface area contributed by atoms with Crippen LogP contribution < -0.4 is 10.6 Å². The van der Waals surface area contributed by atoms with Gasteiger partial charge in [-0.25, -0.2) is 4.98 Å². The van der Waals surface area contributed by atoms with Crippen molar-refractivity contribution >= 4 is 33.8 Å². The van der Waals surface area contributed by atoms with Crippen molar-refractivity contribution in [1.29, 1.82) is 0 Å². The molecule has 0 unspecified atom stereocenters. The van der Waals surface area contributed by atoms with Gasteiger partial charge in [0.2, 0.25) is 0 Å². The number of hydrogen-bond acceptors (Lipinski definition) is 4. The molecular weight excluding hydrogens is 330 g/mol. The Morgan fingerprint density at radius 3 is 2.44 bits per heavy atom. The Bertz CT molecular complexity index is 901. The van der Waals surface area contributed by atoms with Crippen LogP contribution >= 0.6 is 11.3 Å². The number of carbonyl (C=O) groups excluding carboxylic acids is 1. The van der Waals surface area contributed by atoms with Crippen molar-refractivity contribution < 1.29 is 4.79 Å². The molecule has 0 spiro atoms.